The fraction of sp³-hybridized carbons (Fsp3) is 0.105. The van der Waals surface area contributed by atoms with Crippen LogP contribution in [0.3, 0.4) is 0 Å². The number of thiazole rings is 1. The summed E-state index contributed by atoms with van der Waals surface area (Å²) in [6, 6.07) is 12.4. The molecule has 7 nitrogen and oxygen atoms in total. The van der Waals surface area contributed by atoms with Crippen LogP contribution in [0.4, 0.5) is 5.13 Å². The maximum atomic E-state index is 12.6. The fourth-order valence-electron chi connectivity index (χ4n) is 2.45. The van der Waals surface area contributed by atoms with Crippen LogP contribution in [0.1, 0.15) is 27.9 Å². The third-order valence-electron chi connectivity index (χ3n) is 3.79. The van der Waals surface area contributed by atoms with Gasteiger partial charge in [0.2, 0.25) is 0 Å². The molecule has 1 aromatic heterocycles. The Hall–Kier alpha value is -2.93. The number of Topliss-reactive ketones (excluding diaryl/α,β-unsaturated/α-hetero) is 1. The second kappa shape index (κ2) is 8.21. The van der Waals surface area contributed by atoms with Crippen LogP contribution in [0.15, 0.2) is 47.4 Å². The van der Waals surface area contributed by atoms with Gasteiger partial charge in [0.15, 0.2) is 10.9 Å². The zero-order valence-corrected chi connectivity index (χ0v) is 17.7. The molecule has 3 aromatic rings. The molecule has 0 spiro atoms. The zero-order valence-electron chi connectivity index (χ0n) is 15.3. The van der Waals surface area contributed by atoms with Gasteiger partial charge >= 0.3 is 0 Å². The molecule has 1 N–H and O–H groups in total. The predicted octanol–water partition coefficient (Wildman–Crippen LogP) is 4.77. The highest BCUT2D eigenvalue weighted by Crippen LogP contribution is 2.31. The first kappa shape index (κ1) is 20.8. The molecular weight excluding hydrogens is 434 g/mol. The van der Waals surface area contributed by atoms with Crippen LogP contribution in [0.2, 0.25) is 5.02 Å². The van der Waals surface area contributed by atoms with Crippen LogP contribution in [0.25, 0.3) is 0 Å². The highest BCUT2D eigenvalue weighted by atomic mass is 35.5. The molecule has 0 fully saturated rings. The van der Waals surface area contributed by atoms with Gasteiger partial charge in [0.05, 0.1) is 20.5 Å². The Morgan fingerprint density at radius 3 is 2.52 bits per heavy atom. The summed E-state index contributed by atoms with van der Waals surface area (Å²) in [4.78, 5) is 16.0. The number of benzene rings is 2. The number of ether oxygens (including phenoxy) is 1. The number of anilines is 1. The van der Waals surface area contributed by atoms with Gasteiger partial charge in [-0.2, -0.15) is 5.26 Å². The van der Waals surface area contributed by atoms with Gasteiger partial charge in [-0.3, -0.25) is 9.52 Å². The van der Waals surface area contributed by atoms with Crippen LogP contribution in [0, 0.1) is 18.3 Å². The summed E-state index contributed by atoms with van der Waals surface area (Å²) in [5.41, 5.74) is 0.659. The third-order valence-corrected chi connectivity index (χ3v) is 6.76. The summed E-state index contributed by atoms with van der Waals surface area (Å²) in [7, 11) is -3.89. The van der Waals surface area contributed by atoms with Gasteiger partial charge in [-0.25, -0.2) is 13.4 Å². The second-order valence-corrected chi connectivity index (χ2v) is 8.98. The van der Waals surface area contributed by atoms with Crippen molar-refractivity contribution < 1.29 is 17.9 Å². The van der Waals surface area contributed by atoms with Gasteiger partial charge in [0.25, 0.3) is 10.0 Å². The molecule has 1 heterocycles. The van der Waals surface area contributed by atoms with Gasteiger partial charge < -0.3 is 4.74 Å². The van der Waals surface area contributed by atoms with E-state index in [1.807, 2.05) is 6.07 Å². The minimum atomic E-state index is -3.89. The summed E-state index contributed by atoms with van der Waals surface area (Å²) >= 11 is 6.95. The highest BCUT2D eigenvalue weighted by Gasteiger charge is 2.19. The summed E-state index contributed by atoms with van der Waals surface area (Å²) < 4.78 is 33.2. The van der Waals surface area contributed by atoms with Crippen molar-refractivity contribution in [1.29, 1.82) is 5.26 Å². The number of nitrogens with zero attached hydrogens (tertiary/aromatic N) is 2. The van der Waals surface area contributed by atoms with Gasteiger partial charge in [-0.1, -0.05) is 29.0 Å². The molecule has 2 aromatic carbocycles. The van der Waals surface area contributed by atoms with Crippen molar-refractivity contribution >= 4 is 43.9 Å². The Balaban J connectivity index is 1.81. The minimum Gasteiger partial charge on any atom is -0.456 e. The number of hydrogen-bond donors (Lipinski definition) is 1. The number of ketones is 1. The molecule has 0 atom stereocenters. The van der Waals surface area contributed by atoms with E-state index in [1.54, 1.807) is 25.1 Å². The quantitative estimate of drug-likeness (QED) is 0.545. The van der Waals surface area contributed by atoms with E-state index in [4.69, 9.17) is 16.3 Å². The molecule has 0 aliphatic carbocycles. The molecular formula is C19H14ClN3O4S2. The normalized spacial score (nSPS) is 11.0. The summed E-state index contributed by atoms with van der Waals surface area (Å²) in [5, 5.41) is 9.57. The largest absolute Gasteiger partial charge is 0.456 e. The number of sulfonamides is 1. The molecule has 0 saturated heterocycles. The van der Waals surface area contributed by atoms with Crippen molar-refractivity contribution in [2.45, 2.75) is 18.7 Å². The lowest BCUT2D eigenvalue weighted by molar-refractivity contribution is 0.102. The molecule has 148 valence electrons. The van der Waals surface area contributed by atoms with Crippen molar-refractivity contribution in [2.24, 2.45) is 0 Å². The van der Waals surface area contributed by atoms with Gasteiger partial charge in [0.1, 0.15) is 23.1 Å². The molecule has 10 heteroatoms. The van der Waals surface area contributed by atoms with Crippen molar-refractivity contribution in [2.75, 3.05) is 4.72 Å². The lowest BCUT2D eigenvalue weighted by atomic mass is 10.2. The lowest BCUT2D eigenvalue weighted by Crippen LogP contribution is -2.12. The van der Waals surface area contributed by atoms with Crippen molar-refractivity contribution in [1.82, 2.24) is 4.98 Å². The summed E-state index contributed by atoms with van der Waals surface area (Å²) in [5.74, 6) is 0.431. The van der Waals surface area contributed by atoms with Crippen molar-refractivity contribution in [3.8, 4) is 17.6 Å². The van der Waals surface area contributed by atoms with Crippen molar-refractivity contribution in [3.63, 3.8) is 0 Å². The number of halogens is 1. The average molecular weight is 448 g/mol. The van der Waals surface area contributed by atoms with Crippen LogP contribution in [-0.4, -0.2) is 19.2 Å². The number of carbonyl (C=O) groups is 1. The Labute approximate surface area is 176 Å². The molecule has 29 heavy (non-hydrogen) atoms. The number of aromatic nitrogens is 1. The monoisotopic (exact) mass is 447 g/mol. The number of nitriles is 1. The number of hydrogen-bond acceptors (Lipinski definition) is 7. The smallest absolute Gasteiger partial charge is 0.263 e. The van der Waals surface area contributed by atoms with E-state index in [9.17, 15) is 18.5 Å². The second-order valence-electron chi connectivity index (χ2n) is 5.89. The van der Waals surface area contributed by atoms with E-state index >= 15 is 0 Å². The highest BCUT2D eigenvalue weighted by molar-refractivity contribution is 7.93. The maximum Gasteiger partial charge on any atom is 0.263 e. The summed E-state index contributed by atoms with van der Waals surface area (Å²) in [6.07, 6.45) is 0. The van der Waals surface area contributed by atoms with Crippen LogP contribution in [-0.2, 0) is 10.0 Å². The third kappa shape index (κ3) is 4.56. The van der Waals surface area contributed by atoms with E-state index in [-0.39, 0.29) is 32.1 Å². The number of aryl methyl sites for hydroxylation is 1. The molecule has 3 rings (SSSR count). The molecule has 0 bridgehead atoms. The number of carbonyl (C=O) groups excluding carboxylic acids is 1. The van der Waals surface area contributed by atoms with Crippen LogP contribution in [0.5, 0.6) is 11.5 Å². The van der Waals surface area contributed by atoms with Gasteiger partial charge in [0, 0.05) is 6.92 Å². The SMILES string of the molecule is CC(=O)c1sc(NS(=O)(=O)c2ccc(Oc3cccc(Cl)c3C#N)cc2)nc1C. The molecule has 0 saturated carbocycles. The Morgan fingerprint density at radius 1 is 1.24 bits per heavy atom. The van der Waals surface area contributed by atoms with Crippen molar-refractivity contribution in [3.05, 3.63) is 63.6 Å². The zero-order chi connectivity index (χ0) is 21.2. The van der Waals surface area contributed by atoms with E-state index in [0.29, 0.717) is 16.3 Å². The Bertz CT molecular complexity index is 1230. The maximum absolute atomic E-state index is 12.6. The number of rotatable bonds is 6. The fourth-order valence-corrected chi connectivity index (χ4v) is 4.76. The summed E-state index contributed by atoms with van der Waals surface area (Å²) in [6.45, 7) is 3.04. The van der Waals surface area contributed by atoms with Gasteiger partial charge in [-0.05, 0) is 43.3 Å². The van der Waals surface area contributed by atoms with Crippen LogP contribution >= 0.6 is 22.9 Å². The van der Waals surface area contributed by atoms with Crippen LogP contribution < -0.4 is 9.46 Å². The minimum absolute atomic E-state index is 0.00585. The number of nitrogens with one attached hydrogen (secondary N) is 1. The standard InChI is InChI=1S/C19H14ClN3O4S2/c1-11-18(12(2)24)28-19(22-11)23-29(25,26)14-8-6-13(7-9-14)27-17-5-3-4-16(20)15(17)10-21/h3-9H,1-2H3,(H,22,23). The first-order chi connectivity index (χ1) is 13.7. The van der Waals surface area contributed by atoms with E-state index in [2.05, 4.69) is 9.71 Å². The van der Waals surface area contributed by atoms with E-state index < -0.39 is 10.0 Å². The first-order valence-corrected chi connectivity index (χ1v) is 10.9. The average Bonchev–Trinajstić information content (AvgIpc) is 3.02. The molecule has 0 amide bonds. The molecule has 0 aliphatic rings. The van der Waals surface area contributed by atoms with E-state index in [1.165, 1.54) is 31.2 Å². The van der Waals surface area contributed by atoms with E-state index in [0.717, 1.165) is 11.3 Å². The molecule has 0 unspecified atom stereocenters. The Morgan fingerprint density at radius 2 is 1.93 bits per heavy atom. The first-order valence-electron chi connectivity index (χ1n) is 8.19. The van der Waals surface area contributed by atoms with Gasteiger partial charge in [-0.15, -0.1) is 0 Å². The lowest BCUT2D eigenvalue weighted by Gasteiger charge is -2.09. The molecule has 0 radical (unpaired) electrons. The Kier molecular flexibility index (Phi) is 5.88. The predicted molar refractivity (Wildman–Crippen MR) is 110 cm³/mol. The topological polar surface area (TPSA) is 109 Å². The molecule has 0 aliphatic heterocycles.